The SMILES string of the molecule is NC1C2CCOC2C1NC(=O)C1CCOc2ccccc21. The molecule has 1 saturated carbocycles. The summed E-state index contributed by atoms with van der Waals surface area (Å²) in [4.78, 5) is 12.6. The molecule has 1 aliphatic carbocycles. The maximum atomic E-state index is 12.6. The number of para-hydroxylation sites is 1. The van der Waals surface area contributed by atoms with Crippen LogP contribution in [0.4, 0.5) is 0 Å². The smallest absolute Gasteiger partial charge is 0.228 e. The third-order valence-corrected chi connectivity index (χ3v) is 5.03. The van der Waals surface area contributed by atoms with Crippen LogP contribution in [0.15, 0.2) is 24.3 Å². The zero-order valence-corrected chi connectivity index (χ0v) is 11.8. The van der Waals surface area contributed by atoms with E-state index in [-0.39, 0.29) is 30.0 Å². The molecule has 5 nitrogen and oxygen atoms in total. The van der Waals surface area contributed by atoms with E-state index in [4.69, 9.17) is 15.2 Å². The number of nitrogens with one attached hydrogen (secondary N) is 1. The Morgan fingerprint density at radius 3 is 3.00 bits per heavy atom. The maximum absolute atomic E-state index is 12.6. The molecule has 1 amide bonds. The van der Waals surface area contributed by atoms with Gasteiger partial charge in [0.25, 0.3) is 0 Å². The molecule has 1 saturated heterocycles. The number of carbonyl (C=O) groups excluding carboxylic acids is 1. The number of nitrogens with two attached hydrogens (primary N) is 1. The molecule has 0 aromatic heterocycles. The van der Waals surface area contributed by atoms with Crippen molar-refractivity contribution < 1.29 is 14.3 Å². The summed E-state index contributed by atoms with van der Waals surface area (Å²) >= 11 is 0. The molecular weight excluding hydrogens is 268 g/mol. The second-order valence-electron chi connectivity index (χ2n) is 6.13. The number of hydrogen-bond acceptors (Lipinski definition) is 4. The van der Waals surface area contributed by atoms with Crippen molar-refractivity contribution in [3.05, 3.63) is 29.8 Å². The van der Waals surface area contributed by atoms with Gasteiger partial charge in [0.1, 0.15) is 5.75 Å². The number of amides is 1. The fraction of sp³-hybridized carbons (Fsp3) is 0.562. The van der Waals surface area contributed by atoms with Gasteiger partial charge in [-0.2, -0.15) is 0 Å². The molecule has 5 unspecified atom stereocenters. The van der Waals surface area contributed by atoms with E-state index in [1.54, 1.807) is 0 Å². The summed E-state index contributed by atoms with van der Waals surface area (Å²) in [5, 5.41) is 3.10. The van der Waals surface area contributed by atoms with Crippen molar-refractivity contribution in [3.63, 3.8) is 0 Å². The monoisotopic (exact) mass is 288 g/mol. The molecule has 2 heterocycles. The molecule has 112 valence electrons. The van der Waals surface area contributed by atoms with Gasteiger partial charge in [-0.3, -0.25) is 4.79 Å². The zero-order chi connectivity index (χ0) is 14.4. The van der Waals surface area contributed by atoms with E-state index >= 15 is 0 Å². The molecule has 0 radical (unpaired) electrons. The molecule has 1 aromatic carbocycles. The first-order valence-electron chi connectivity index (χ1n) is 7.65. The largest absolute Gasteiger partial charge is 0.493 e. The van der Waals surface area contributed by atoms with Crippen LogP contribution >= 0.6 is 0 Å². The number of carbonyl (C=O) groups is 1. The molecule has 0 bridgehead atoms. The second-order valence-corrected chi connectivity index (χ2v) is 6.13. The van der Waals surface area contributed by atoms with Crippen molar-refractivity contribution in [3.8, 4) is 5.75 Å². The lowest BCUT2D eigenvalue weighted by Gasteiger charge is -2.46. The fourth-order valence-electron chi connectivity index (χ4n) is 3.81. The fourth-order valence-corrected chi connectivity index (χ4v) is 3.81. The second kappa shape index (κ2) is 5.00. The Morgan fingerprint density at radius 2 is 2.10 bits per heavy atom. The van der Waals surface area contributed by atoms with Crippen molar-refractivity contribution in [1.29, 1.82) is 0 Å². The zero-order valence-electron chi connectivity index (χ0n) is 11.8. The van der Waals surface area contributed by atoms with Crippen LogP contribution in [0.25, 0.3) is 0 Å². The summed E-state index contributed by atoms with van der Waals surface area (Å²) in [5.74, 6) is 1.12. The third kappa shape index (κ3) is 2.03. The molecule has 3 aliphatic rings. The van der Waals surface area contributed by atoms with Crippen LogP contribution in [-0.4, -0.2) is 37.3 Å². The topological polar surface area (TPSA) is 73.6 Å². The van der Waals surface area contributed by atoms with Gasteiger partial charge in [0.15, 0.2) is 0 Å². The van der Waals surface area contributed by atoms with E-state index in [1.807, 2.05) is 24.3 Å². The number of benzene rings is 1. The highest BCUT2D eigenvalue weighted by atomic mass is 16.5. The van der Waals surface area contributed by atoms with Gasteiger partial charge in [0.2, 0.25) is 5.91 Å². The Labute approximate surface area is 123 Å². The first-order chi connectivity index (χ1) is 10.3. The predicted octanol–water partition coefficient (Wildman–Crippen LogP) is 0.784. The summed E-state index contributed by atoms with van der Waals surface area (Å²) in [6.07, 6.45) is 1.83. The molecule has 2 aliphatic heterocycles. The molecule has 1 aromatic rings. The Hall–Kier alpha value is -1.59. The summed E-state index contributed by atoms with van der Waals surface area (Å²) in [7, 11) is 0. The minimum Gasteiger partial charge on any atom is -0.493 e. The van der Waals surface area contributed by atoms with Gasteiger partial charge in [-0.15, -0.1) is 0 Å². The Morgan fingerprint density at radius 1 is 1.24 bits per heavy atom. The number of rotatable bonds is 2. The lowest BCUT2D eigenvalue weighted by atomic mass is 9.72. The lowest BCUT2D eigenvalue weighted by Crippen LogP contribution is -2.69. The van der Waals surface area contributed by atoms with Crippen molar-refractivity contribution in [1.82, 2.24) is 5.32 Å². The van der Waals surface area contributed by atoms with Gasteiger partial charge < -0.3 is 20.5 Å². The van der Waals surface area contributed by atoms with Gasteiger partial charge in [-0.25, -0.2) is 0 Å². The average Bonchev–Trinajstić information content (AvgIpc) is 2.96. The molecule has 4 rings (SSSR count). The standard InChI is InChI=1S/C16H20N2O3/c17-13-11-6-8-21-15(11)14(13)18-16(19)10-5-7-20-12-4-2-1-3-9(10)12/h1-4,10-11,13-15H,5-8,17H2,(H,18,19). The van der Waals surface area contributed by atoms with Gasteiger partial charge in [-0.05, 0) is 18.9 Å². The minimum atomic E-state index is -0.150. The molecular formula is C16H20N2O3. The number of hydrogen-bond donors (Lipinski definition) is 2. The van der Waals surface area contributed by atoms with Crippen LogP contribution in [0.5, 0.6) is 5.75 Å². The summed E-state index contributed by atoms with van der Waals surface area (Å²) in [5.41, 5.74) is 7.13. The quantitative estimate of drug-likeness (QED) is 0.843. The molecule has 3 N–H and O–H groups in total. The molecule has 21 heavy (non-hydrogen) atoms. The van der Waals surface area contributed by atoms with E-state index < -0.39 is 0 Å². The van der Waals surface area contributed by atoms with Gasteiger partial charge in [0, 0.05) is 24.1 Å². The minimum absolute atomic E-state index is 0.0246. The normalized spacial score (nSPS) is 36.9. The predicted molar refractivity (Wildman–Crippen MR) is 77.0 cm³/mol. The Bertz CT molecular complexity index is 562. The first kappa shape index (κ1) is 13.1. The van der Waals surface area contributed by atoms with E-state index in [0.717, 1.165) is 24.3 Å². The van der Waals surface area contributed by atoms with E-state index in [0.29, 0.717) is 18.9 Å². The van der Waals surface area contributed by atoms with Crippen LogP contribution in [0.2, 0.25) is 0 Å². The highest BCUT2D eigenvalue weighted by Crippen LogP contribution is 2.39. The van der Waals surface area contributed by atoms with E-state index in [9.17, 15) is 4.79 Å². The first-order valence-corrected chi connectivity index (χ1v) is 7.65. The summed E-state index contributed by atoms with van der Waals surface area (Å²) in [6, 6.07) is 7.74. The number of fused-ring (bicyclic) bond motifs is 2. The van der Waals surface area contributed by atoms with Crippen LogP contribution in [0.1, 0.15) is 24.3 Å². The molecule has 2 fully saturated rings. The maximum Gasteiger partial charge on any atom is 0.228 e. The van der Waals surface area contributed by atoms with Gasteiger partial charge in [0.05, 0.1) is 24.7 Å². The van der Waals surface area contributed by atoms with Crippen LogP contribution in [-0.2, 0) is 9.53 Å². The van der Waals surface area contributed by atoms with Crippen molar-refractivity contribution in [2.24, 2.45) is 11.7 Å². The van der Waals surface area contributed by atoms with E-state index in [1.165, 1.54) is 0 Å². The lowest BCUT2D eigenvalue weighted by molar-refractivity contribution is -0.127. The Balaban J connectivity index is 1.49. The highest BCUT2D eigenvalue weighted by Gasteiger charge is 2.53. The van der Waals surface area contributed by atoms with Crippen LogP contribution in [0.3, 0.4) is 0 Å². The summed E-state index contributed by atoms with van der Waals surface area (Å²) in [6.45, 7) is 1.34. The highest BCUT2D eigenvalue weighted by molar-refractivity contribution is 5.85. The molecule has 5 atom stereocenters. The summed E-state index contributed by atoms with van der Waals surface area (Å²) < 4.78 is 11.3. The molecule has 0 spiro atoms. The van der Waals surface area contributed by atoms with Crippen LogP contribution < -0.4 is 15.8 Å². The van der Waals surface area contributed by atoms with Crippen molar-refractivity contribution in [2.45, 2.75) is 36.9 Å². The van der Waals surface area contributed by atoms with Crippen molar-refractivity contribution >= 4 is 5.91 Å². The third-order valence-electron chi connectivity index (χ3n) is 5.03. The van der Waals surface area contributed by atoms with E-state index in [2.05, 4.69) is 5.32 Å². The average molecular weight is 288 g/mol. The molecule has 5 heteroatoms. The Kier molecular flexibility index (Phi) is 3.12. The van der Waals surface area contributed by atoms with Crippen LogP contribution in [0, 0.1) is 5.92 Å². The van der Waals surface area contributed by atoms with Gasteiger partial charge in [-0.1, -0.05) is 18.2 Å². The number of ether oxygens (including phenoxy) is 2. The van der Waals surface area contributed by atoms with Crippen molar-refractivity contribution in [2.75, 3.05) is 13.2 Å². The van der Waals surface area contributed by atoms with Gasteiger partial charge >= 0.3 is 0 Å².